The molecule has 5 atom stereocenters. The Bertz CT molecular complexity index is 2340. The fourth-order valence-electron chi connectivity index (χ4n) is 9.71. The van der Waals surface area contributed by atoms with Crippen molar-refractivity contribution < 1.29 is 80.2 Å². The highest BCUT2D eigenvalue weighted by atomic mass is 31.2. The molecular formula is C79H134O17P2. The van der Waals surface area contributed by atoms with Crippen molar-refractivity contribution in [3.8, 4) is 0 Å². The van der Waals surface area contributed by atoms with Crippen molar-refractivity contribution in [3.63, 3.8) is 0 Å². The van der Waals surface area contributed by atoms with Crippen LogP contribution in [0.2, 0.25) is 0 Å². The molecule has 0 heterocycles. The average molecular weight is 1420 g/mol. The molecule has 0 saturated heterocycles. The minimum Gasteiger partial charge on any atom is -0.462 e. The Kier molecular flexibility index (Phi) is 67.6. The Balaban J connectivity index is 5.43. The summed E-state index contributed by atoms with van der Waals surface area (Å²) in [6, 6.07) is 0. The Morgan fingerprint density at radius 1 is 0.296 bits per heavy atom. The van der Waals surface area contributed by atoms with Crippen molar-refractivity contribution in [2.45, 2.75) is 316 Å². The number of phosphoric acid groups is 2. The molecule has 3 N–H and O–H groups in total. The number of unbranched alkanes of at least 4 members (excludes halogenated alkanes) is 24. The Hall–Kier alpha value is -4.54. The van der Waals surface area contributed by atoms with Gasteiger partial charge in [-0.2, -0.15) is 0 Å². The lowest BCUT2D eigenvalue weighted by atomic mass is 10.0. The molecule has 0 aromatic heterocycles. The molecule has 0 bridgehead atoms. The Labute approximate surface area is 593 Å². The second-order valence-electron chi connectivity index (χ2n) is 24.8. The van der Waals surface area contributed by atoms with E-state index in [0.717, 1.165) is 128 Å². The largest absolute Gasteiger partial charge is 0.472 e. The Morgan fingerprint density at radius 2 is 0.541 bits per heavy atom. The summed E-state index contributed by atoms with van der Waals surface area (Å²) in [5.74, 6) is -2.30. The molecular weight excluding hydrogens is 1280 g/mol. The number of esters is 4. The third-order valence-electron chi connectivity index (χ3n) is 15.4. The first-order valence-electron chi connectivity index (χ1n) is 37.8. The van der Waals surface area contributed by atoms with E-state index in [1.54, 1.807) is 0 Å². The summed E-state index contributed by atoms with van der Waals surface area (Å²) in [6.45, 7) is 4.51. The minimum atomic E-state index is -5.00. The number of carbonyl (C=O) groups excluding carboxylic acids is 4. The van der Waals surface area contributed by atoms with Crippen molar-refractivity contribution in [1.82, 2.24) is 0 Å². The van der Waals surface area contributed by atoms with Crippen molar-refractivity contribution in [3.05, 3.63) is 122 Å². The standard InChI is InChI=1S/C79H134O17P2/c1-5-9-13-17-21-25-29-33-35-36-38-41-44-48-52-56-60-64-77(82)90-70-75(96-79(84)66-62-58-54-50-46-42-37-34-30-26-22-18-14-10-6-2)72-94-98(87,88)92-68-73(80)67-91-97(85,86)93-71-74(95-78(83)65-61-57-53-49-45-40-32-28-24-20-16-12-8-4)69-89-76(81)63-59-55-51-47-43-39-31-27-23-19-15-11-7-3/h9-10,13-14,21-22,25-27,31,33-35,37-38,41,46,48,50,52,73-75,80H,5-8,11-12,15-20,23-24,28-30,32,36,39-40,42-45,47,49,51,53-72H2,1-4H3,(H,85,86)(H,87,88)/b13-9-,14-10-,25-21-,26-22-,31-27-,35-33-,37-34-,41-38-,50-46-,52-48-. The van der Waals surface area contributed by atoms with Gasteiger partial charge >= 0.3 is 39.5 Å². The lowest BCUT2D eigenvalue weighted by molar-refractivity contribution is -0.161. The van der Waals surface area contributed by atoms with Gasteiger partial charge < -0.3 is 33.8 Å². The van der Waals surface area contributed by atoms with Crippen LogP contribution in [0.25, 0.3) is 0 Å². The maximum atomic E-state index is 13.1. The molecule has 0 aliphatic heterocycles. The maximum absolute atomic E-state index is 13.1. The molecule has 0 amide bonds. The van der Waals surface area contributed by atoms with Crippen LogP contribution in [0.4, 0.5) is 0 Å². The van der Waals surface area contributed by atoms with Crippen LogP contribution in [0.5, 0.6) is 0 Å². The van der Waals surface area contributed by atoms with Crippen LogP contribution in [-0.4, -0.2) is 96.7 Å². The van der Waals surface area contributed by atoms with Crippen molar-refractivity contribution >= 4 is 39.5 Å². The molecule has 0 spiro atoms. The lowest BCUT2D eigenvalue weighted by Gasteiger charge is -2.21. The second kappa shape index (κ2) is 70.9. The first kappa shape index (κ1) is 93.5. The summed E-state index contributed by atoms with van der Waals surface area (Å²) in [6.07, 6.45) is 76.3. The van der Waals surface area contributed by atoms with Gasteiger partial charge in [0.2, 0.25) is 0 Å². The minimum absolute atomic E-state index is 0.0279. The van der Waals surface area contributed by atoms with Gasteiger partial charge in [-0.25, -0.2) is 9.13 Å². The van der Waals surface area contributed by atoms with Gasteiger partial charge in [-0.05, 0) is 128 Å². The van der Waals surface area contributed by atoms with E-state index in [1.165, 1.54) is 77.0 Å². The van der Waals surface area contributed by atoms with Crippen LogP contribution in [-0.2, 0) is 65.4 Å². The molecule has 0 radical (unpaired) electrons. The third-order valence-corrected chi connectivity index (χ3v) is 17.3. The van der Waals surface area contributed by atoms with Crippen molar-refractivity contribution in [2.75, 3.05) is 39.6 Å². The summed E-state index contributed by atoms with van der Waals surface area (Å²) in [4.78, 5) is 72.8. The number of hydrogen-bond acceptors (Lipinski definition) is 15. The number of hydrogen-bond donors (Lipinski definition) is 3. The number of aliphatic hydroxyl groups excluding tert-OH is 1. The topological polar surface area (TPSA) is 237 Å². The van der Waals surface area contributed by atoms with Crippen LogP contribution in [0.3, 0.4) is 0 Å². The number of aliphatic hydroxyl groups is 1. The van der Waals surface area contributed by atoms with Crippen LogP contribution in [0.15, 0.2) is 122 Å². The van der Waals surface area contributed by atoms with E-state index >= 15 is 0 Å². The van der Waals surface area contributed by atoms with E-state index in [1.807, 2.05) is 12.2 Å². The van der Waals surface area contributed by atoms with Gasteiger partial charge in [0.05, 0.1) is 26.4 Å². The van der Waals surface area contributed by atoms with Crippen molar-refractivity contribution in [2.24, 2.45) is 0 Å². The van der Waals surface area contributed by atoms with E-state index < -0.39 is 97.5 Å². The van der Waals surface area contributed by atoms with Crippen LogP contribution >= 0.6 is 15.6 Å². The van der Waals surface area contributed by atoms with Gasteiger partial charge in [-0.1, -0.05) is 265 Å². The molecule has 0 aromatic carbocycles. The number of allylic oxidation sites excluding steroid dienone is 20. The molecule has 98 heavy (non-hydrogen) atoms. The zero-order valence-corrected chi connectivity index (χ0v) is 63.0. The van der Waals surface area contributed by atoms with Gasteiger partial charge in [-0.3, -0.25) is 37.3 Å². The van der Waals surface area contributed by atoms with Crippen LogP contribution in [0, 0.1) is 0 Å². The molecule has 17 nitrogen and oxygen atoms in total. The summed E-state index contributed by atoms with van der Waals surface area (Å²) in [7, 11) is -9.98. The maximum Gasteiger partial charge on any atom is 0.472 e. The van der Waals surface area contributed by atoms with Gasteiger partial charge in [0.25, 0.3) is 0 Å². The molecule has 562 valence electrons. The highest BCUT2D eigenvalue weighted by Gasteiger charge is 2.30. The highest BCUT2D eigenvalue weighted by Crippen LogP contribution is 2.45. The zero-order chi connectivity index (χ0) is 71.8. The highest BCUT2D eigenvalue weighted by molar-refractivity contribution is 7.47. The van der Waals surface area contributed by atoms with Gasteiger partial charge in [-0.15, -0.1) is 0 Å². The first-order valence-corrected chi connectivity index (χ1v) is 40.8. The van der Waals surface area contributed by atoms with E-state index in [4.69, 9.17) is 37.0 Å². The second-order valence-corrected chi connectivity index (χ2v) is 27.7. The van der Waals surface area contributed by atoms with Crippen molar-refractivity contribution in [1.29, 1.82) is 0 Å². The van der Waals surface area contributed by atoms with E-state index in [2.05, 4.69) is 137 Å². The summed E-state index contributed by atoms with van der Waals surface area (Å²) in [5, 5.41) is 10.6. The van der Waals surface area contributed by atoms with Crippen LogP contribution < -0.4 is 0 Å². The Morgan fingerprint density at radius 3 is 0.898 bits per heavy atom. The van der Waals surface area contributed by atoms with Gasteiger partial charge in [0.15, 0.2) is 12.2 Å². The SMILES string of the molecule is CC/C=C\C/C=C\C/C=C\C/C=C\C/C=C\CCCC(=O)OCC(COP(=O)(O)OCC(O)COP(=O)(O)OCC(COC(=O)CCCCCCC/C=C\CCCCCC)OC(=O)CCCCCCCCCCCCCCC)OC(=O)CCCC/C=C\C/C=C\C/C=C\C/C=C\CC. The third kappa shape index (κ3) is 69.9. The fraction of sp³-hybridized carbons (Fsp3) is 0.696. The van der Waals surface area contributed by atoms with Gasteiger partial charge in [0.1, 0.15) is 19.3 Å². The van der Waals surface area contributed by atoms with E-state index in [-0.39, 0.29) is 25.7 Å². The molecule has 0 fully saturated rings. The molecule has 0 aliphatic carbocycles. The van der Waals surface area contributed by atoms with Gasteiger partial charge in [0, 0.05) is 25.7 Å². The number of ether oxygens (including phenoxy) is 4. The zero-order valence-electron chi connectivity index (χ0n) is 61.2. The molecule has 0 aromatic rings. The monoisotopic (exact) mass is 1420 g/mol. The lowest BCUT2D eigenvalue weighted by Crippen LogP contribution is -2.30. The number of phosphoric ester groups is 2. The first-order chi connectivity index (χ1) is 47.7. The molecule has 5 unspecified atom stereocenters. The quantitative estimate of drug-likeness (QED) is 0.0169. The predicted molar refractivity (Wildman–Crippen MR) is 399 cm³/mol. The average Bonchev–Trinajstić information content (AvgIpc) is 1.05. The summed E-state index contributed by atoms with van der Waals surface area (Å²) in [5.41, 5.74) is 0. The molecule has 0 aliphatic rings. The predicted octanol–water partition coefficient (Wildman–Crippen LogP) is 21.6. The number of carbonyl (C=O) groups is 4. The van der Waals surface area contributed by atoms with E-state index in [9.17, 15) is 43.2 Å². The molecule has 0 rings (SSSR count). The summed E-state index contributed by atoms with van der Waals surface area (Å²) >= 11 is 0. The summed E-state index contributed by atoms with van der Waals surface area (Å²) < 4.78 is 68.3. The van der Waals surface area contributed by atoms with Crippen LogP contribution in [0.1, 0.15) is 297 Å². The van der Waals surface area contributed by atoms with E-state index in [0.29, 0.717) is 38.5 Å². The normalized spacial score (nSPS) is 14.6. The molecule has 19 heteroatoms. The number of rotatable bonds is 70. The fourth-order valence-corrected chi connectivity index (χ4v) is 11.3. The smallest absolute Gasteiger partial charge is 0.462 e. The molecule has 0 saturated carbocycles.